The van der Waals surface area contributed by atoms with E-state index in [1.165, 1.54) is 0 Å². The minimum atomic E-state index is 0.297. The van der Waals surface area contributed by atoms with Crippen molar-refractivity contribution in [2.45, 2.75) is 0 Å². The molecule has 2 rings (SSSR count). The SMILES string of the molecule is CNc1ccc(-c2ccc(O)cc2)cc1. The molecule has 2 heteroatoms. The molecule has 0 heterocycles. The molecule has 0 bridgehead atoms. The van der Waals surface area contributed by atoms with Crippen LogP contribution in [0.4, 0.5) is 5.69 Å². The Morgan fingerprint density at radius 2 is 1.27 bits per heavy atom. The molecule has 0 atom stereocenters. The van der Waals surface area contributed by atoms with Crippen LogP contribution in [0.2, 0.25) is 0 Å². The van der Waals surface area contributed by atoms with Gasteiger partial charge in [-0.2, -0.15) is 0 Å². The summed E-state index contributed by atoms with van der Waals surface area (Å²) in [5.74, 6) is 0.297. The zero-order valence-electron chi connectivity index (χ0n) is 8.57. The van der Waals surface area contributed by atoms with E-state index in [2.05, 4.69) is 17.4 Å². The van der Waals surface area contributed by atoms with Crippen LogP contribution >= 0.6 is 0 Å². The fourth-order valence-electron chi connectivity index (χ4n) is 1.48. The van der Waals surface area contributed by atoms with Gasteiger partial charge in [0.2, 0.25) is 0 Å². The Balaban J connectivity index is 2.33. The van der Waals surface area contributed by atoms with Crippen molar-refractivity contribution in [2.24, 2.45) is 0 Å². The van der Waals surface area contributed by atoms with Crippen LogP contribution in [0.1, 0.15) is 0 Å². The van der Waals surface area contributed by atoms with E-state index in [0.717, 1.165) is 16.8 Å². The molecule has 0 spiro atoms. The lowest BCUT2D eigenvalue weighted by molar-refractivity contribution is 0.475. The maximum absolute atomic E-state index is 9.18. The molecule has 0 saturated heterocycles. The summed E-state index contributed by atoms with van der Waals surface area (Å²) in [6.07, 6.45) is 0. The van der Waals surface area contributed by atoms with Crippen molar-refractivity contribution in [2.75, 3.05) is 12.4 Å². The second-order valence-corrected chi connectivity index (χ2v) is 3.37. The molecule has 0 aliphatic carbocycles. The van der Waals surface area contributed by atoms with Crippen molar-refractivity contribution in [1.29, 1.82) is 0 Å². The number of phenolic OH excluding ortho intramolecular Hbond substituents is 1. The Kier molecular flexibility index (Phi) is 2.59. The molecule has 15 heavy (non-hydrogen) atoms. The summed E-state index contributed by atoms with van der Waals surface area (Å²) in [5, 5.41) is 12.3. The average molecular weight is 199 g/mol. The smallest absolute Gasteiger partial charge is 0.115 e. The monoisotopic (exact) mass is 199 g/mol. The molecular formula is C13H13NO. The van der Waals surface area contributed by atoms with Gasteiger partial charge in [0.05, 0.1) is 0 Å². The fourth-order valence-corrected chi connectivity index (χ4v) is 1.48. The van der Waals surface area contributed by atoms with Crippen LogP contribution in [0.15, 0.2) is 48.5 Å². The van der Waals surface area contributed by atoms with Crippen molar-refractivity contribution in [3.63, 3.8) is 0 Å². The molecule has 0 aliphatic rings. The second-order valence-electron chi connectivity index (χ2n) is 3.37. The minimum absolute atomic E-state index is 0.297. The van der Waals surface area contributed by atoms with Gasteiger partial charge in [-0.1, -0.05) is 24.3 Å². The highest BCUT2D eigenvalue weighted by Gasteiger charge is 1.97. The predicted octanol–water partition coefficient (Wildman–Crippen LogP) is 3.10. The highest BCUT2D eigenvalue weighted by Crippen LogP contribution is 2.23. The summed E-state index contributed by atoms with van der Waals surface area (Å²) in [7, 11) is 1.90. The first-order valence-corrected chi connectivity index (χ1v) is 4.87. The molecule has 76 valence electrons. The summed E-state index contributed by atoms with van der Waals surface area (Å²) in [6, 6.07) is 15.4. The predicted molar refractivity (Wildman–Crippen MR) is 63.1 cm³/mol. The number of anilines is 1. The van der Waals surface area contributed by atoms with Crippen molar-refractivity contribution in [3.8, 4) is 16.9 Å². The molecule has 2 aromatic rings. The third-order valence-electron chi connectivity index (χ3n) is 2.37. The van der Waals surface area contributed by atoms with E-state index in [1.54, 1.807) is 12.1 Å². The van der Waals surface area contributed by atoms with E-state index in [4.69, 9.17) is 0 Å². The van der Waals surface area contributed by atoms with Crippen LogP contribution in [0.3, 0.4) is 0 Å². The van der Waals surface area contributed by atoms with Gasteiger partial charge in [0.15, 0.2) is 0 Å². The first-order valence-electron chi connectivity index (χ1n) is 4.87. The molecule has 0 amide bonds. The molecule has 2 nitrogen and oxygen atoms in total. The number of nitrogens with one attached hydrogen (secondary N) is 1. The Bertz CT molecular complexity index is 431. The van der Waals surface area contributed by atoms with Crippen molar-refractivity contribution < 1.29 is 5.11 Å². The van der Waals surface area contributed by atoms with Gasteiger partial charge >= 0.3 is 0 Å². The lowest BCUT2D eigenvalue weighted by Crippen LogP contribution is -1.86. The van der Waals surface area contributed by atoms with Gasteiger partial charge in [0, 0.05) is 12.7 Å². The van der Waals surface area contributed by atoms with Gasteiger partial charge in [0.1, 0.15) is 5.75 Å². The third-order valence-corrected chi connectivity index (χ3v) is 2.37. The van der Waals surface area contributed by atoms with Crippen LogP contribution in [0.25, 0.3) is 11.1 Å². The summed E-state index contributed by atoms with van der Waals surface area (Å²) < 4.78 is 0. The molecule has 0 aliphatic heterocycles. The fraction of sp³-hybridized carbons (Fsp3) is 0.0769. The number of aromatic hydroxyl groups is 1. The molecule has 0 radical (unpaired) electrons. The first-order chi connectivity index (χ1) is 7.29. The normalized spacial score (nSPS) is 9.93. The van der Waals surface area contributed by atoms with Crippen molar-refractivity contribution in [1.82, 2.24) is 0 Å². The van der Waals surface area contributed by atoms with E-state index < -0.39 is 0 Å². The second kappa shape index (κ2) is 4.05. The summed E-state index contributed by atoms with van der Waals surface area (Å²) in [6.45, 7) is 0. The quantitative estimate of drug-likeness (QED) is 0.779. The van der Waals surface area contributed by atoms with Gasteiger partial charge in [-0.25, -0.2) is 0 Å². The van der Waals surface area contributed by atoms with Crippen molar-refractivity contribution >= 4 is 5.69 Å². The zero-order chi connectivity index (χ0) is 10.7. The maximum Gasteiger partial charge on any atom is 0.115 e. The van der Waals surface area contributed by atoms with Gasteiger partial charge < -0.3 is 10.4 Å². The molecule has 2 N–H and O–H groups in total. The molecule has 0 saturated carbocycles. The Morgan fingerprint density at radius 1 is 0.800 bits per heavy atom. The highest BCUT2D eigenvalue weighted by molar-refractivity contribution is 5.66. The number of hydrogen-bond donors (Lipinski definition) is 2. The first kappa shape index (κ1) is 9.59. The third kappa shape index (κ3) is 2.10. The van der Waals surface area contributed by atoms with Gasteiger partial charge in [0.25, 0.3) is 0 Å². The highest BCUT2D eigenvalue weighted by atomic mass is 16.3. The number of benzene rings is 2. The maximum atomic E-state index is 9.18. The minimum Gasteiger partial charge on any atom is -0.508 e. The largest absolute Gasteiger partial charge is 0.508 e. The molecular weight excluding hydrogens is 186 g/mol. The zero-order valence-corrected chi connectivity index (χ0v) is 8.57. The van der Waals surface area contributed by atoms with Crippen molar-refractivity contribution in [3.05, 3.63) is 48.5 Å². The van der Waals surface area contributed by atoms with E-state index in [1.807, 2.05) is 31.3 Å². The Labute approximate surface area is 89.2 Å². The standard InChI is InChI=1S/C13H13NO/c1-14-12-6-2-10(3-7-12)11-4-8-13(15)9-5-11/h2-9,14-15H,1H3. The van der Waals surface area contributed by atoms with Gasteiger partial charge in [-0.15, -0.1) is 0 Å². The van der Waals surface area contributed by atoms with Crippen LogP contribution < -0.4 is 5.32 Å². The van der Waals surface area contributed by atoms with E-state index >= 15 is 0 Å². The van der Waals surface area contributed by atoms with Gasteiger partial charge in [-0.3, -0.25) is 0 Å². The Hall–Kier alpha value is -1.96. The van der Waals surface area contributed by atoms with Gasteiger partial charge in [-0.05, 0) is 35.4 Å². The molecule has 2 aromatic carbocycles. The van der Waals surface area contributed by atoms with Crippen LogP contribution in [-0.2, 0) is 0 Å². The molecule has 0 unspecified atom stereocenters. The number of rotatable bonds is 2. The molecule has 0 fully saturated rings. The average Bonchev–Trinajstić information content (AvgIpc) is 2.30. The van der Waals surface area contributed by atoms with Crippen LogP contribution in [0.5, 0.6) is 5.75 Å². The Morgan fingerprint density at radius 3 is 1.73 bits per heavy atom. The van der Waals surface area contributed by atoms with Crippen LogP contribution in [-0.4, -0.2) is 12.2 Å². The number of hydrogen-bond acceptors (Lipinski definition) is 2. The summed E-state index contributed by atoms with van der Waals surface area (Å²) >= 11 is 0. The number of phenols is 1. The van der Waals surface area contributed by atoms with E-state index in [-0.39, 0.29) is 0 Å². The lowest BCUT2D eigenvalue weighted by Gasteiger charge is -2.04. The molecule has 0 aromatic heterocycles. The summed E-state index contributed by atoms with van der Waals surface area (Å²) in [5.41, 5.74) is 3.35. The van der Waals surface area contributed by atoms with E-state index in [0.29, 0.717) is 5.75 Å². The topological polar surface area (TPSA) is 32.3 Å². The van der Waals surface area contributed by atoms with Crippen LogP contribution in [0, 0.1) is 0 Å². The van der Waals surface area contributed by atoms with E-state index in [9.17, 15) is 5.11 Å². The summed E-state index contributed by atoms with van der Waals surface area (Å²) in [4.78, 5) is 0. The lowest BCUT2D eigenvalue weighted by atomic mass is 10.1.